The molecule has 0 amide bonds. The van der Waals surface area contributed by atoms with Gasteiger partial charge in [-0.2, -0.15) is 17.0 Å². The molecule has 0 spiro atoms. The molecule has 1 atom stereocenters. The zero-order chi connectivity index (χ0) is 14.8. The number of rotatable bonds is 5. The van der Waals surface area contributed by atoms with Crippen molar-refractivity contribution >= 4 is 10.2 Å². The fraction of sp³-hybridized carbons (Fsp3) is 0.750. The fourth-order valence-corrected chi connectivity index (χ4v) is 4.01. The highest BCUT2D eigenvalue weighted by Gasteiger charge is 2.34. The Bertz CT molecular complexity index is 543. The number of aryl methyl sites for hydroxylation is 1. The molecule has 2 rings (SSSR count). The van der Waals surface area contributed by atoms with Gasteiger partial charge in [-0.3, -0.25) is 0 Å². The molecule has 0 bridgehead atoms. The molecule has 0 aromatic carbocycles. The maximum atomic E-state index is 12.6. The average molecular weight is 302 g/mol. The first-order valence-electron chi connectivity index (χ1n) is 6.77. The Morgan fingerprint density at radius 1 is 1.50 bits per heavy atom. The minimum Gasteiger partial charge on any atom is -0.395 e. The van der Waals surface area contributed by atoms with Gasteiger partial charge in [0.15, 0.2) is 0 Å². The fourth-order valence-electron chi connectivity index (χ4n) is 2.47. The highest BCUT2D eigenvalue weighted by atomic mass is 32.2. The van der Waals surface area contributed by atoms with Crippen molar-refractivity contribution in [3.63, 3.8) is 0 Å². The SMILES string of the molecule is CN(Cc1nccn1C)S(=O)(=O)N1CCCCC1CO. The lowest BCUT2D eigenvalue weighted by Gasteiger charge is -2.35. The van der Waals surface area contributed by atoms with Crippen LogP contribution in [0.15, 0.2) is 12.4 Å². The number of imidazole rings is 1. The standard InChI is InChI=1S/C12H22N4O3S/c1-14-8-6-13-12(14)9-15(2)20(18,19)16-7-4-3-5-11(16)10-17/h6,8,11,17H,3-5,7,9-10H2,1-2H3. The van der Waals surface area contributed by atoms with E-state index < -0.39 is 10.2 Å². The van der Waals surface area contributed by atoms with Gasteiger partial charge in [0.05, 0.1) is 13.2 Å². The maximum absolute atomic E-state index is 12.6. The summed E-state index contributed by atoms with van der Waals surface area (Å²) < 4.78 is 29.7. The van der Waals surface area contributed by atoms with Crippen LogP contribution in [0.5, 0.6) is 0 Å². The molecule has 1 fully saturated rings. The van der Waals surface area contributed by atoms with Gasteiger partial charge in [0, 0.05) is 39.1 Å². The molecule has 0 aliphatic carbocycles. The van der Waals surface area contributed by atoms with Crippen molar-refractivity contribution in [3.8, 4) is 0 Å². The Morgan fingerprint density at radius 2 is 2.25 bits per heavy atom. The average Bonchev–Trinajstić information content (AvgIpc) is 2.84. The second-order valence-corrected chi connectivity index (χ2v) is 7.15. The van der Waals surface area contributed by atoms with Crippen LogP contribution in [0.4, 0.5) is 0 Å². The summed E-state index contributed by atoms with van der Waals surface area (Å²) in [6, 6.07) is -0.308. The van der Waals surface area contributed by atoms with Crippen LogP contribution in [0.1, 0.15) is 25.1 Å². The minimum atomic E-state index is -3.56. The Kier molecular flexibility index (Phi) is 4.79. The van der Waals surface area contributed by atoms with E-state index in [0.717, 1.165) is 12.8 Å². The van der Waals surface area contributed by atoms with Gasteiger partial charge in [0.1, 0.15) is 5.82 Å². The molecule has 20 heavy (non-hydrogen) atoms. The number of aliphatic hydroxyl groups is 1. The van der Waals surface area contributed by atoms with Crippen molar-refractivity contribution in [3.05, 3.63) is 18.2 Å². The van der Waals surface area contributed by atoms with E-state index in [1.807, 2.05) is 7.05 Å². The second kappa shape index (κ2) is 6.21. The molecular weight excluding hydrogens is 280 g/mol. The van der Waals surface area contributed by atoms with E-state index in [1.165, 1.54) is 8.61 Å². The lowest BCUT2D eigenvalue weighted by atomic mass is 10.1. The Hall–Kier alpha value is -0.960. The van der Waals surface area contributed by atoms with E-state index in [0.29, 0.717) is 18.8 Å². The van der Waals surface area contributed by atoms with E-state index in [4.69, 9.17) is 0 Å². The molecule has 1 aromatic rings. The van der Waals surface area contributed by atoms with E-state index in [2.05, 4.69) is 4.98 Å². The van der Waals surface area contributed by atoms with E-state index in [1.54, 1.807) is 24.0 Å². The van der Waals surface area contributed by atoms with Crippen LogP contribution < -0.4 is 0 Å². The van der Waals surface area contributed by atoms with Gasteiger partial charge in [-0.15, -0.1) is 0 Å². The Morgan fingerprint density at radius 3 is 2.85 bits per heavy atom. The van der Waals surface area contributed by atoms with Crippen molar-refractivity contribution in [2.75, 3.05) is 20.2 Å². The zero-order valence-electron chi connectivity index (χ0n) is 11.9. The summed E-state index contributed by atoms with van der Waals surface area (Å²) in [4.78, 5) is 4.14. The summed E-state index contributed by atoms with van der Waals surface area (Å²) in [6.45, 7) is 0.564. The molecule has 1 aromatic heterocycles. The van der Waals surface area contributed by atoms with Crippen molar-refractivity contribution in [2.24, 2.45) is 7.05 Å². The summed E-state index contributed by atoms with van der Waals surface area (Å²) in [5.41, 5.74) is 0. The third-order valence-corrected chi connectivity index (χ3v) is 5.75. The van der Waals surface area contributed by atoms with Crippen LogP contribution >= 0.6 is 0 Å². The summed E-state index contributed by atoms with van der Waals surface area (Å²) in [6.07, 6.45) is 5.94. The van der Waals surface area contributed by atoms with Crippen molar-refractivity contribution in [2.45, 2.75) is 31.8 Å². The topological polar surface area (TPSA) is 78.7 Å². The van der Waals surface area contributed by atoms with Gasteiger partial charge >= 0.3 is 0 Å². The summed E-state index contributed by atoms with van der Waals surface area (Å²) in [5.74, 6) is 0.689. The molecule has 1 aliphatic rings. The first-order chi connectivity index (χ1) is 9.46. The molecule has 1 N–H and O–H groups in total. The molecule has 1 saturated heterocycles. The predicted molar refractivity (Wildman–Crippen MR) is 75.0 cm³/mol. The molecule has 1 unspecified atom stereocenters. The summed E-state index contributed by atoms with van der Waals surface area (Å²) >= 11 is 0. The monoisotopic (exact) mass is 302 g/mol. The normalized spacial score (nSPS) is 21.5. The Balaban J connectivity index is 2.14. The highest BCUT2D eigenvalue weighted by molar-refractivity contribution is 7.86. The maximum Gasteiger partial charge on any atom is 0.282 e. The highest BCUT2D eigenvalue weighted by Crippen LogP contribution is 2.22. The number of piperidine rings is 1. The van der Waals surface area contributed by atoms with Gasteiger partial charge in [-0.05, 0) is 12.8 Å². The number of hydrogen-bond acceptors (Lipinski definition) is 4. The molecule has 0 saturated carbocycles. The number of nitrogens with zero attached hydrogens (tertiary/aromatic N) is 4. The summed E-state index contributed by atoms with van der Waals surface area (Å²) in [7, 11) is -0.181. The zero-order valence-corrected chi connectivity index (χ0v) is 12.8. The van der Waals surface area contributed by atoms with Crippen molar-refractivity contribution < 1.29 is 13.5 Å². The molecular formula is C12H22N4O3S. The van der Waals surface area contributed by atoms with E-state index >= 15 is 0 Å². The van der Waals surface area contributed by atoms with Gasteiger partial charge in [-0.1, -0.05) is 6.42 Å². The molecule has 1 aliphatic heterocycles. The third kappa shape index (κ3) is 3.03. The van der Waals surface area contributed by atoms with Gasteiger partial charge in [0.25, 0.3) is 10.2 Å². The Labute approximate surface area is 120 Å². The molecule has 0 radical (unpaired) electrons. The lowest BCUT2D eigenvalue weighted by Crippen LogP contribution is -2.50. The van der Waals surface area contributed by atoms with E-state index in [-0.39, 0.29) is 19.2 Å². The molecule has 114 valence electrons. The van der Waals surface area contributed by atoms with Crippen molar-refractivity contribution in [1.82, 2.24) is 18.2 Å². The number of aliphatic hydroxyl groups excluding tert-OH is 1. The molecule has 2 heterocycles. The molecule has 7 nitrogen and oxygen atoms in total. The summed E-state index contributed by atoms with van der Waals surface area (Å²) in [5, 5.41) is 9.37. The first-order valence-corrected chi connectivity index (χ1v) is 8.16. The van der Waals surface area contributed by atoms with Crippen molar-refractivity contribution in [1.29, 1.82) is 0 Å². The first kappa shape index (κ1) is 15.4. The third-order valence-electron chi connectivity index (χ3n) is 3.76. The predicted octanol–water partition coefficient (Wildman–Crippen LogP) is -0.0565. The largest absolute Gasteiger partial charge is 0.395 e. The van der Waals surface area contributed by atoms with Crippen LogP contribution in [0.2, 0.25) is 0 Å². The van der Waals surface area contributed by atoms with Crippen LogP contribution in [-0.2, 0) is 23.8 Å². The number of hydrogen-bond donors (Lipinski definition) is 1. The van der Waals surface area contributed by atoms with E-state index in [9.17, 15) is 13.5 Å². The van der Waals surface area contributed by atoms with Crippen LogP contribution in [-0.4, -0.2) is 57.9 Å². The smallest absolute Gasteiger partial charge is 0.282 e. The van der Waals surface area contributed by atoms with Crippen LogP contribution in [0.25, 0.3) is 0 Å². The van der Waals surface area contributed by atoms with Crippen LogP contribution in [0.3, 0.4) is 0 Å². The van der Waals surface area contributed by atoms with Gasteiger partial charge in [0.2, 0.25) is 0 Å². The minimum absolute atomic E-state index is 0.129. The lowest BCUT2D eigenvalue weighted by molar-refractivity contribution is 0.148. The quantitative estimate of drug-likeness (QED) is 0.827. The number of aromatic nitrogens is 2. The molecule has 8 heteroatoms. The second-order valence-electron chi connectivity index (χ2n) is 5.16. The van der Waals surface area contributed by atoms with Gasteiger partial charge in [-0.25, -0.2) is 4.98 Å². The van der Waals surface area contributed by atoms with Crippen LogP contribution in [0, 0.1) is 0 Å². The van der Waals surface area contributed by atoms with Gasteiger partial charge < -0.3 is 9.67 Å².